The Morgan fingerprint density at radius 2 is 1.49 bits per heavy atom. The van der Waals surface area contributed by atoms with Crippen LogP contribution >= 0.6 is 11.3 Å². The Morgan fingerprint density at radius 3 is 2.16 bits per heavy atom. The number of nitrogens with one attached hydrogen (secondary N) is 1. The van der Waals surface area contributed by atoms with Crippen molar-refractivity contribution < 1.29 is 38.1 Å². The van der Waals surface area contributed by atoms with Crippen LogP contribution in [-0.2, 0) is 20.9 Å². The van der Waals surface area contributed by atoms with E-state index in [0.717, 1.165) is 10.5 Å². The minimum absolute atomic E-state index is 0.105. The zero-order valence-electron chi connectivity index (χ0n) is 28.2. The Balaban J connectivity index is 1.42. The van der Waals surface area contributed by atoms with Crippen LogP contribution in [0, 0.1) is 0 Å². The Hall–Kier alpha value is -6.21. The zero-order valence-corrected chi connectivity index (χ0v) is 29.1. The lowest BCUT2D eigenvalue weighted by molar-refractivity contribution is -0.139. The number of ketones is 1. The van der Waals surface area contributed by atoms with Crippen molar-refractivity contribution in [1.82, 2.24) is 9.88 Å². The Bertz CT molecular complexity index is 2080. The van der Waals surface area contributed by atoms with E-state index in [2.05, 4.69) is 5.32 Å². The minimum Gasteiger partial charge on any atom is -0.497 e. The van der Waals surface area contributed by atoms with Gasteiger partial charge >= 0.3 is 0 Å². The van der Waals surface area contributed by atoms with Gasteiger partial charge in [0, 0.05) is 16.6 Å². The van der Waals surface area contributed by atoms with E-state index in [-0.39, 0.29) is 12.1 Å². The van der Waals surface area contributed by atoms with Crippen molar-refractivity contribution in [3.8, 4) is 34.3 Å². The predicted molar refractivity (Wildman–Crippen MR) is 192 cm³/mol. The molecule has 3 amide bonds. The van der Waals surface area contributed by atoms with Gasteiger partial charge in [0.2, 0.25) is 5.91 Å². The summed E-state index contributed by atoms with van der Waals surface area (Å²) in [6.07, 6.45) is 0. The maximum atomic E-state index is 14.6. The van der Waals surface area contributed by atoms with Gasteiger partial charge in [-0.1, -0.05) is 18.2 Å². The van der Waals surface area contributed by atoms with E-state index in [9.17, 15) is 19.2 Å². The number of carbonyl (C=O) groups is 4. The highest BCUT2D eigenvalue weighted by atomic mass is 32.1. The predicted octanol–water partition coefficient (Wildman–Crippen LogP) is 5.78. The van der Waals surface area contributed by atoms with Gasteiger partial charge in [0.05, 0.1) is 51.9 Å². The number of thiazole rings is 1. The number of rotatable bonds is 13. The zero-order chi connectivity index (χ0) is 36.1. The van der Waals surface area contributed by atoms with Crippen LogP contribution in [0.1, 0.15) is 27.0 Å². The van der Waals surface area contributed by atoms with Crippen LogP contribution in [-0.4, -0.2) is 68.4 Å². The molecule has 1 atom stereocenters. The number of ether oxygens (including phenoxy) is 4. The van der Waals surface area contributed by atoms with Crippen LogP contribution in [0.2, 0.25) is 0 Å². The highest BCUT2D eigenvalue weighted by molar-refractivity contribution is 7.09. The number of nitrogens with zero attached hydrogens (tertiary/aromatic N) is 3. The molecule has 1 aliphatic heterocycles. The summed E-state index contributed by atoms with van der Waals surface area (Å²) in [6, 6.07) is 24.4. The molecule has 1 unspecified atom stereocenters. The van der Waals surface area contributed by atoms with Gasteiger partial charge in [0.1, 0.15) is 29.1 Å². The van der Waals surface area contributed by atoms with Crippen LogP contribution in [0.25, 0.3) is 11.3 Å². The number of fused-ring (bicyclic) bond motifs is 1. The lowest BCUT2D eigenvalue weighted by Gasteiger charge is -2.32. The second-order valence-corrected chi connectivity index (χ2v) is 12.3. The van der Waals surface area contributed by atoms with Crippen molar-refractivity contribution in [3.05, 3.63) is 113 Å². The van der Waals surface area contributed by atoms with Gasteiger partial charge in [-0.05, 0) is 78.4 Å². The van der Waals surface area contributed by atoms with Gasteiger partial charge in [0.15, 0.2) is 11.5 Å². The van der Waals surface area contributed by atoms with Gasteiger partial charge in [-0.3, -0.25) is 24.1 Å². The lowest BCUT2D eigenvalue weighted by Crippen LogP contribution is -2.46. The first-order valence-corrected chi connectivity index (χ1v) is 16.6. The van der Waals surface area contributed by atoms with Gasteiger partial charge in [-0.25, -0.2) is 4.98 Å². The van der Waals surface area contributed by atoms with Crippen molar-refractivity contribution in [2.24, 2.45) is 0 Å². The van der Waals surface area contributed by atoms with E-state index in [4.69, 9.17) is 23.9 Å². The number of benzene rings is 4. The molecule has 2 heterocycles. The average molecular weight is 707 g/mol. The van der Waals surface area contributed by atoms with Gasteiger partial charge in [-0.2, -0.15) is 0 Å². The Kier molecular flexibility index (Phi) is 10.3. The van der Waals surface area contributed by atoms with Crippen LogP contribution in [0.4, 0.5) is 11.4 Å². The molecule has 0 fully saturated rings. The first-order valence-electron chi connectivity index (χ1n) is 15.7. The van der Waals surface area contributed by atoms with E-state index in [1.54, 1.807) is 80.9 Å². The molecule has 0 aliphatic carbocycles. The van der Waals surface area contributed by atoms with Crippen molar-refractivity contribution in [3.63, 3.8) is 0 Å². The van der Waals surface area contributed by atoms with Crippen molar-refractivity contribution in [1.29, 1.82) is 0 Å². The fourth-order valence-corrected chi connectivity index (χ4v) is 6.56. The summed E-state index contributed by atoms with van der Waals surface area (Å²) in [5.74, 6) is -0.611. The quantitative estimate of drug-likeness (QED) is 0.151. The summed E-state index contributed by atoms with van der Waals surface area (Å²) in [7, 11) is 6.10. The van der Waals surface area contributed by atoms with E-state index in [1.807, 2.05) is 29.6 Å². The summed E-state index contributed by atoms with van der Waals surface area (Å²) in [5, 5.41) is 5.31. The molecule has 0 bridgehead atoms. The monoisotopic (exact) mass is 706 g/mol. The molecule has 51 heavy (non-hydrogen) atoms. The van der Waals surface area contributed by atoms with Crippen LogP contribution in [0.3, 0.4) is 0 Å². The Morgan fingerprint density at radius 1 is 0.824 bits per heavy atom. The lowest BCUT2D eigenvalue weighted by atomic mass is 10.0. The number of para-hydroxylation sites is 1. The topological polar surface area (TPSA) is 137 Å². The van der Waals surface area contributed by atoms with Crippen LogP contribution in [0.15, 0.2) is 96.4 Å². The van der Waals surface area contributed by atoms with Crippen LogP contribution in [0.5, 0.6) is 23.0 Å². The third kappa shape index (κ3) is 7.24. The van der Waals surface area contributed by atoms with E-state index < -0.39 is 36.1 Å². The largest absolute Gasteiger partial charge is 0.497 e. The maximum Gasteiger partial charge on any atom is 0.299 e. The molecule has 0 saturated carbocycles. The summed E-state index contributed by atoms with van der Waals surface area (Å²) < 4.78 is 21.6. The molecule has 0 radical (unpaired) electrons. The molecule has 0 spiro atoms. The standard InChI is InChI=1S/C38H34N4O8S/c1-47-26-14-9-23(10-15-26)29-22-51-33(40-29)20-42(34(43)21-41-30-8-6-5-7-28(30)36(44)38(41)46)35(24-11-18-31(49-3)32(19-24)50-4)37(45)39-25-12-16-27(48-2)17-13-25/h5-19,22,35H,20-21H2,1-4H3,(H,39,45). The fourth-order valence-electron chi connectivity index (χ4n) is 5.76. The average Bonchev–Trinajstić information content (AvgIpc) is 3.73. The molecule has 13 heteroatoms. The van der Waals surface area contributed by atoms with Crippen molar-refractivity contribution in [2.45, 2.75) is 12.6 Å². The second kappa shape index (κ2) is 15.1. The van der Waals surface area contributed by atoms with E-state index in [1.165, 1.54) is 30.5 Å². The first-order chi connectivity index (χ1) is 24.7. The van der Waals surface area contributed by atoms with Gasteiger partial charge in [-0.15, -0.1) is 11.3 Å². The molecule has 260 valence electrons. The molecule has 5 aromatic rings. The smallest absolute Gasteiger partial charge is 0.299 e. The van der Waals surface area contributed by atoms with E-state index in [0.29, 0.717) is 50.6 Å². The number of hydrogen-bond acceptors (Lipinski definition) is 10. The molecular formula is C38H34N4O8S. The molecule has 0 saturated heterocycles. The number of Topliss-reactive ketones (excluding diaryl/α,β-unsaturated/α-hetero) is 1. The summed E-state index contributed by atoms with van der Waals surface area (Å²) in [6.45, 7) is -0.607. The summed E-state index contributed by atoms with van der Waals surface area (Å²) in [5.41, 5.74) is 2.90. The number of carbonyl (C=O) groups excluding carboxylic acids is 4. The number of anilines is 2. The number of aromatic nitrogens is 1. The number of methoxy groups -OCH3 is 4. The maximum absolute atomic E-state index is 14.6. The fraction of sp³-hybridized carbons (Fsp3) is 0.184. The molecular weight excluding hydrogens is 673 g/mol. The molecule has 12 nitrogen and oxygen atoms in total. The molecule has 1 N–H and O–H groups in total. The molecule has 6 rings (SSSR count). The second-order valence-electron chi connectivity index (χ2n) is 11.3. The van der Waals surface area contributed by atoms with Gasteiger partial charge < -0.3 is 29.2 Å². The highest BCUT2D eigenvalue weighted by Gasteiger charge is 2.40. The number of amides is 3. The normalized spacial score (nSPS) is 12.6. The first kappa shape index (κ1) is 34.6. The van der Waals surface area contributed by atoms with E-state index >= 15 is 0 Å². The van der Waals surface area contributed by atoms with Crippen LogP contribution < -0.4 is 29.2 Å². The minimum atomic E-state index is -1.25. The SMILES string of the molecule is COc1ccc(NC(=O)C(c2ccc(OC)c(OC)c2)N(Cc2nc(-c3ccc(OC)cc3)cs2)C(=O)CN2C(=O)C(=O)c3ccccc32)cc1. The highest BCUT2D eigenvalue weighted by Crippen LogP contribution is 2.36. The molecule has 1 aromatic heterocycles. The van der Waals surface area contributed by atoms with Crippen molar-refractivity contribution >= 4 is 46.2 Å². The molecule has 1 aliphatic rings. The third-order valence-corrected chi connectivity index (χ3v) is 9.21. The number of hydrogen-bond donors (Lipinski definition) is 1. The third-order valence-electron chi connectivity index (χ3n) is 8.38. The van der Waals surface area contributed by atoms with Gasteiger partial charge in [0.25, 0.3) is 17.6 Å². The van der Waals surface area contributed by atoms with Crippen molar-refractivity contribution in [2.75, 3.05) is 45.2 Å². The summed E-state index contributed by atoms with van der Waals surface area (Å²) in [4.78, 5) is 62.3. The summed E-state index contributed by atoms with van der Waals surface area (Å²) >= 11 is 1.32. The molecule has 4 aromatic carbocycles. The Labute approximate surface area is 298 Å².